The van der Waals surface area contributed by atoms with Crippen molar-refractivity contribution in [2.45, 2.75) is 11.3 Å². The molecule has 0 saturated carbocycles. The highest BCUT2D eigenvalue weighted by Gasteiger charge is 2.16. The Bertz CT molecular complexity index is 1150. The van der Waals surface area contributed by atoms with E-state index in [0.717, 1.165) is 10.2 Å². The zero-order valence-electron chi connectivity index (χ0n) is 13.6. The summed E-state index contributed by atoms with van der Waals surface area (Å²) in [4.78, 5) is 16.8. The van der Waals surface area contributed by atoms with E-state index >= 15 is 0 Å². The molecule has 0 bridgehead atoms. The molecular weight excluding hydrogens is 415 g/mol. The first-order valence-corrected chi connectivity index (χ1v) is 10.8. The van der Waals surface area contributed by atoms with Crippen LogP contribution in [0.5, 0.6) is 0 Å². The Morgan fingerprint density at radius 2 is 1.77 bits per heavy atom. The number of carbonyl (C=O) groups is 1. The largest absolute Gasteiger partial charge is 0.319 e. The zero-order chi connectivity index (χ0) is 18.9. The van der Waals surface area contributed by atoms with Crippen LogP contribution in [0.4, 0.5) is 0 Å². The van der Waals surface area contributed by atoms with Gasteiger partial charge in [-0.2, -0.15) is 4.99 Å². The molecule has 136 valence electrons. The monoisotopic (exact) mass is 428 g/mol. The molecule has 0 N–H and O–H groups in total. The second kappa shape index (κ2) is 7.52. The third-order valence-electron chi connectivity index (χ3n) is 3.75. The van der Waals surface area contributed by atoms with Gasteiger partial charge in [0.15, 0.2) is 14.6 Å². The number of benzene rings is 2. The first-order chi connectivity index (χ1) is 12.3. The second-order valence-electron chi connectivity index (χ2n) is 5.58. The number of carbonyl (C=O) groups excluding carboxylic acids is 1. The molecule has 1 amide bonds. The fourth-order valence-electron chi connectivity index (χ4n) is 2.36. The van der Waals surface area contributed by atoms with E-state index in [4.69, 9.17) is 23.2 Å². The summed E-state index contributed by atoms with van der Waals surface area (Å²) in [5, 5.41) is 1.05. The fraction of sp³-hybridized carbons (Fsp3) is 0.176. The number of sulfone groups is 1. The maximum atomic E-state index is 12.3. The molecule has 3 aromatic rings. The summed E-state index contributed by atoms with van der Waals surface area (Å²) in [6.45, 7) is 0. The molecule has 0 aliphatic carbocycles. The Morgan fingerprint density at radius 1 is 1.12 bits per heavy atom. The number of hydrogen-bond acceptors (Lipinski definition) is 4. The van der Waals surface area contributed by atoms with Crippen LogP contribution >= 0.6 is 34.5 Å². The van der Waals surface area contributed by atoms with Gasteiger partial charge in [-0.15, -0.1) is 0 Å². The third kappa shape index (κ3) is 4.17. The Morgan fingerprint density at radius 3 is 2.46 bits per heavy atom. The lowest BCUT2D eigenvalue weighted by Crippen LogP contribution is -2.15. The van der Waals surface area contributed by atoms with Crippen LogP contribution in [0, 0.1) is 0 Å². The fourth-order valence-corrected chi connectivity index (χ4v) is 5.03. The maximum absolute atomic E-state index is 12.3. The molecular formula is C17H14Cl2N2O3S2. The third-order valence-corrected chi connectivity index (χ3v) is 7.06. The van der Waals surface area contributed by atoms with Crippen LogP contribution in [-0.4, -0.2) is 24.6 Å². The van der Waals surface area contributed by atoms with Crippen molar-refractivity contribution in [3.8, 4) is 0 Å². The molecule has 26 heavy (non-hydrogen) atoms. The number of hydrogen-bond donors (Lipinski definition) is 0. The van der Waals surface area contributed by atoms with Gasteiger partial charge in [-0.25, -0.2) is 8.42 Å². The van der Waals surface area contributed by atoms with Gasteiger partial charge < -0.3 is 4.57 Å². The molecule has 2 aromatic carbocycles. The minimum absolute atomic E-state index is 0.136. The van der Waals surface area contributed by atoms with E-state index in [0.29, 0.717) is 14.8 Å². The molecule has 0 atom stereocenters. The van der Waals surface area contributed by atoms with Gasteiger partial charge in [0.2, 0.25) is 5.91 Å². The van der Waals surface area contributed by atoms with Crippen LogP contribution in [0.15, 0.2) is 52.4 Å². The smallest absolute Gasteiger partial charge is 0.249 e. The van der Waals surface area contributed by atoms with Crippen molar-refractivity contribution in [3.05, 3.63) is 57.3 Å². The van der Waals surface area contributed by atoms with Crippen molar-refractivity contribution in [2.75, 3.05) is 5.75 Å². The van der Waals surface area contributed by atoms with Crippen molar-refractivity contribution in [2.24, 2.45) is 12.0 Å². The van der Waals surface area contributed by atoms with Gasteiger partial charge in [-0.3, -0.25) is 4.79 Å². The van der Waals surface area contributed by atoms with Crippen LogP contribution in [0.1, 0.15) is 6.42 Å². The minimum Gasteiger partial charge on any atom is -0.319 e. The highest BCUT2D eigenvalue weighted by atomic mass is 35.5. The summed E-state index contributed by atoms with van der Waals surface area (Å²) in [5.74, 6) is -0.798. The molecule has 0 fully saturated rings. The standard InChI is InChI=1S/C17H14Cl2N2O3S2/c1-21-14-7-4-12(19)10-15(14)25-17(21)20-16(22)8-9-26(23,24)13-5-2-11(18)3-6-13/h2-7,10H,8-9H2,1H3. The highest BCUT2D eigenvalue weighted by molar-refractivity contribution is 7.91. The van der Waals surface area contributed by atoms with E-state index < -0.39 is 15.7 Å². The number of amides is 1. The van der Waals surface area contributed by atoms with E-state index in [1.807, 2.05) is 6.07 Å². The predicted molar refractivity (Wildman–Crippen MR) is 104 cm³/mol. The van der Waals surface area contributed by atoms with Crippen LogP contribution in [0.3, 0.4) is 0 Å². The van der Waals surface area contributed by atoms with Crippen LogP contribution in [-0.2, 0) is 21.7 Å². The van der Waals surface area contributed by atoms with E-state index in [1.165, 1.54) is 35.6 Å². The summed E-state index contributed by atoms with van der Waals surface area (Å²) in [7, 11) is -1.77. The summed E-state index contributed by atoms with van der Waals surface area (Å²) in [5.41, 5.74) is 0.903. The SMILES string of the molecule is Cn1c(=NC(=O)CCS(=O)(=O)c2ccc(Cl)cc2)sc2cc(Cl)ccc21. The van der Waals surface area contributed by atoms with Gasteiger partial charge in [-0.05, 0) is 42.5 Å². The van der Waals surface area contributed by atoms with Gasteiger partial charge in [-0.1, -0.05) is 34.5 Å². The Labute approximate surface area is 164 Å². The lowest BCUT2D eigenvalue weighted by atomic mass is 10.3. The average Bonchev–Trinajstić information content (AvgIpc) is 2.88. The predicted octanol–water partition coefficient (Wildman–Crippen LogP) is 3.84. The quantitative estimate of drug-likeness (QED) is 0.633. The number of halogens is 2. The number of aryl methyl sites for hydroxylation is 1. The first kappa shape index (κ1) is 19.1. The number of rotatable bonds is 4. The second-order valence-corrected chi connectivity index (χ2v) is 9.58. The molecule has 0 saturated heterocycles. The highest BCUT2D eigenvalue weighted by Crippen LogP contribution is 2.21. The van der Waals surface area contributed by atoms with Gasteiger partial charge >= 0.3 is 0 Å². The summed E-state index contributed by atoms with van der Waals surface area (Å²) in [6.07, 6.45) is -0.194. The molecule has 0 aliphatic heterocycles. The Hall–Kier alpha value is -1.67. The maximum Gasteiger partial charge on any atom is 0.249 e. The molecule has 0 unspecified atom stereocenters. The zero-order valence-corrected chi connectivity index (χ0v) is 16.8. The number of fused-ring (bicyclic) bond motifs is 1. The van der Waals surface area contributed by atoms with E-state index in [-0.39, 0.29) is 17.1 Å². The van der Waals surface area contributed by atoms with Crippen LogP contribution < -0.4 is 4.80 Å². The van der Waals surface area contributed by atoms with Gasteiger partial charge in [0.05, 0.1) is 20.9 Å². The summed E-state index contributed by atoms with van der Waals surface area (Å²) >= 11 is 13.1. The van der Waals surface area contributed by atoms with Crippen molar-refractivity contribution in [1.82, 2.24) is 4.57 Å². The molecule has 0 aliphatic rings. The lowest BCUT2D eigenvalue weighted by molar-refractivity contribution is -0.117. The van der Waals surface area contributed by atoms with Crippen molar-refractivity contribution < 1.29 is 13.2 Å². The lowest BCUT2D eigenvalue weighted by Gasteiger charge is -2.02. The molecule has 9 heteroatoms. The average molecular weight is 429 g/mol. The van der Waals surface area contributed by atoms with Crippen molar-refractivity contribution in [1.29, 1.82) is 0 Å². The van der Waals surface area contributed by atoms with E-state index in [2.05, 4.69) is 4.99 Å². The normalized spacial score (nSPS) is 12.7. The van der Waals surface area contributed by atoms with Crippen LogP contribution in [0.2, 0.25) is 10.0 Å². The topological polar surface area (TPSA) is 68.5 Å². The summed E-state index contributed by atoms with van der Waals surface area (Å²) < 4.78 is 27.3. The molecule has 3 rings (SSSR count). The first-order valence-electron chi connectivity index (χ1n) is 7.57. The molecule has 0 radical (unpaired) electrons. The molecule has 0 spiro atoms. The minimum atomic E-state index is -3.57. The number of aromatic nitrogens is 1. The number of thiazole rings is 1. The van der Waals surface area contributed by atoms with Gasteiger partial charge in [0, 0.05) is 23.5 Å². The molecule has 1 aromatic heterocycles. The summed E-state index contributed by atoms with van der Waals surface area (Å²) in [6, 6.07) is 11.3. The Balaban J connectivity index is 1.79. The van der Waals surface area contributed by atoms with Crippen molar-refractivity contribution >= 4 is 60.5 Å². The molecule has 5 nitrogen and oxygen atoms in total. The van der Waals surface area contributed by atoms with Gasteiger partial charge in [0.1, 0.15) is 0 Å². The Kier molecular flexibility index (Phi) is 5.53. The van der Waals surface area contributed by atoms with Gasteiger partial charge in [0.25, 0.3) is 0 Å². The van der Waals surface area contributed by atoms with Crippen LogP contribution in [0.25, 0.3) is 10.2 Å². The van der Waals surface area contributed by atoms with E-state index in [1.54, 1.807) is 23.7 Å². The molecule has 1 heterocycles. The van der Waals surface area contributed by atoms with Crippen molar-refractivity contribution in [3.63, 3.8) is 0 Å². The van der Waals surface area contributed by atoms with E-state index in [9.17, 15) is 13.2 Å². The number of nitrogens with zero attached hydrogens (tertiary/aromatic N) is 2.